The highest BCUT2D eigenvalue weighted by Crippen LogP contribution is 2.69. The molecule has 4 saturated carbocycles. The van der Waals surface area contributed by atoms with Gasteiger partial charge < -0.3 is 10.2 Å². The lowest BCUT2D eigenvalue weighted by Gasteiger charge is -2.62. The molecule has 0 spiro atoms. The molecule has 0 aromatic carbocycles. The fraction of sp³-hybridized carbons (Fsp3) is 1.00. The van der Waals surface area contributed by atoms with Crippen LogP contribution in [-0.4, -0.2) is 28.1 Å². The van der Waals surface area contributed by atoms with Gasteiger partial charge in [0.25, 0.3) is 0 Å². The molecular weight excluding hydrogens is 413 g/mol. The molecule has 0 saturated heterocycles. The van der Waals surface area contributed by atoms with Crippen molar-refractivity contribution in [3.05, 3.63) is 0 Å². The Morgan fingerprint density at radius 2 is 1.59 bits per heavy atom. The van der Waals surface area contributed by atoms with Gasteiger partial charge in [-0.2, -0.15) is 13.2 Å². The molecule has 0 bridgehead atoms. The summed E-state index contributed by atoms with van der Waals surface area (Å²) in [6, 6.07) is 0. The maximum atomic E-state index is 13.5. The Balaban J connectivity index is 1.44. The van der Waals surface area contributed by atoms with Crippen molar-refractivity contribution in [2.75, 3.05) is 0 Å². The third kappa shape index (κ3) is 3.95. The van der Waals surface area contributed by atoms with Gasteiger partial charge >= 0.3 is 6.18 Å². The third-order valence-corrected chi connectivity index (χ3v) is 11.3. The zero-order valence-electron chi connectivity index (χ0n) is 20.6. The lowest BCUT2D eigenvalue weighted by Crippen LogP contribution is -2.59. The molecule has 32 heavy (non-hydrogen) atoms. The Morgan fingerprint density at radius 3 is 2.25 bits per heavy atom. The average Bonchev–Trinajstić information content (AvgIpc) is 3.04. The molecule has 5 heteroatoms. The van der Waals surface area contributed by atoms with E-state index in [1.807, 2.05) is 0 Å². The van der Waals surface area contributed by atoms with Crippen LogP contribution in [0.2, 0.25) is 0 Å². The molecule has 0 amide bonds. The van der Waals surface area contributed by atoms with Crippen molar-refractivity contribution in [2.24, 2.45) is 46.3 Å². The van der Waals surface area contributed by atoms with E-state index in [0.717, 1.165) is 38.0 Å². The molecule has 9 atom stereocenters. The molecule has 4 fully saturated rings. The van der Waals surface area contributed by atoms with Crippen LogP contribution in [0.4, 0.5) is 13.2 Å². The van der Waals surface area contributed by atoms with Crippen LogP contribution in [0.5, 0.6) is 0 Å². The fourth-order valence-corrected chi connectivity index (χ4v) is 8.99. The number of halogens is 3. The molecule has 186 valence electrons. The molecule has 2 nitrogen and oxygen atoms in total. The summed E-state index contributed by atoms with van der Waals surface area (Å²) in [5, 5.41) is 20.6. The van der Waals surface area contributed by atoms with E-state index < -0.39 is 11.8 Å². The SMILES string of the molecule is CC(C)[C@@H](O)CCC[C@@H]1CC[C@H]2[C@@H]3CC[C@H]4C[C@](O)(C(F)(F)F)CC[C@]4(C)[C@H]3CC[C@]12C. The lowest BCUT2D eigenvalue weighted by molar-refractivity contribution is -0.290. The molecule has 0 unspecified atom stereocenters. The number of rotatable bonds is 5. The number of aliphatic hydroxyl groups excluding tert-OH is 1. The molecule has 0 aromatic heterocycles. The molecule has 2 N–H and O–H groups in total. The summed E-state index contributed by atoms with van der Waals surface area (Å²) in [5.41, 5.74) is -2.18. The van der Waals surface area contributed by atoms with E-state index >= 15 is 0 Å². The van der Waals surface area contributed by atoms with Crippen molar-refractivity contribution in [1.82, 2.24) is 0 Å². The first-order chi connectivity index (χ1) is 14.8. The summed E-state index contributed by atoms with van der Waals surface area (Å²) in [4.78, 5) is 0. The lowest BCUT2D eigenvalue weighted by atomic mass is 9.43. The monoisotopic (exact) mass is 458 g/mol. The van der Waals surface area contributed by atoms with E-state index in [9.17, 15) is 23.4 Å². The first kappa shape index (κ1) is 24.8. The largest absolute Gasteiger partial charge is 0.417 e. The summed E-state index contributed by atoms with van der Waals surface area (Å²) in [6.07, 6.45) is 5.51. The number of aliphatic hydroxyl groups is 2. The molecule has 0 aromatic rings. The third-order valence-electron chi connectivity index (χ3n) is 11.3. The number of fused-ring (bicyclic) bond motifs is 5. The van der Waals surface area contributed by atoms with Gasteiger partial charge in [-0.15, -0.1) is 0 Å². The summed E-state index contributed by atoms with van der Waals surface area (Å²) in [5.74, 6) is 2.88. The quantitative estimate of drug-likeness (QED) is 0.460. The minimum atomic E-state index is -4.52. The molecular formula is C27H45F3O2. The van der Waals surface area contributed by atoms with E-state index in [2.05, 4.69) is 27.7 Å². The van der Waals surface area contributed by atoms with Gasteiger partial charge in [0.05, 0.1) is 6.10 Å². The number of hydrogen-bond donors (Lipinski definition) is 2. The Hall–Kier alpha value is -0.290. The Morgan fingerprint density at radius 1 is 0.906 bits per heavy atom. The van der Waals surface area contributed by atoms with Gasteiger partial charge in [-0.1, -0.05) is 34.1 Å². The Bertz CT molecular complexity index is 678. The van der Waals surface area contributed by atoms with Crippen LogP contribution in [0.3, 0.4) is 0 Å². The highest BCUT2D eigenvalue weighted by molar-refractivity contribution is 5.11. The van der Waals surface area contributed by atoms with Crippen molar-refractivity contribution in [3.8, 4) is 0 Å². The molecule has 4 aliphatic rings. The first-order valence-corrected chi connectivity index (χ1v) is 13.3. The summed E-state index contributed by atoms with van der Waals surface area (Å²) in [6.45, 7) is 8.92. The minimum absolute atomic E-state index is 0.0109. The summed E-state index contributed by atoms with van der Waals surface area (Å²) < 4.78 is 40.6. The van der Waals surface area contributed by atoms with Gasteiger partial charge in [0.2, 0.25) is 0 Å². The van der Waals surface area contributed by atoms with E-state index in [1.54, 1.807) is 0 Å². The van der Waals surface area contributed by atoms with Gasteiger partial charge in [-0.25, -0.2) is 0 Å². The second-order valence-corrected chi connectivity index (χ2v) is 13.0. The van der Waals surface area contributed by atoms with Gasteiger partial charge in [-0.05, 0) is 117 Å². The van der Waals surface area contributed by atoms with Crippen LogP contribution >= 0.6 is 0 Å². The topological polar surface area (TPSA) is 40.5 Å². The zero-order valence-corrected chi connectivity index (χ0v) is 20.6. The van der Waals surface area contributed by atoms with Crippen molar-refractivity contribution in [1.29, 1.82) is 0 Å². The highest BCUT2D eigenvalue weighted by atomic mass is 19.4. The average molecular weight is 459 g/mol. The van der Waals surface area contributed by atoms with Crippen LogP contribution in [-0.2, 0) is 0 Å². The minimum Gasteiger partial charge on any atom is -0.393 e. The normalized spacial score (nSPS) is 47.6. The van der Waals surface area contributed by atoms with E-state index in [-0.39, 0.29) is 30.3 Å². The van der Waals surface area contributed by atoms with Gasteiger partial charge in [0.15, 0.2) is 5.60 Å². The van der Waals surface area contributed by atoms with Crippen LogP contribution in [0.15, 0.2) is 0 Å². The first-order valence-electron chi connectivity index (χ1n) is 13.3. The van der Waals surface area contributed by atoms with E-state index in [1.165, 1.54) is 25.7 Å². The molecule has 0 radical (unpaired) electrons. The highest BCUT2D eigenvalue weighted by Gasteiger charge is 2.64. The van der Waals surface area contributed by atoms with Crippen molar-refractivity contribution >= 4 is 0 Å². The molecule has 4 aliphatic carbocycles. The van der Waals surface area contributed by atoms with E-state index in [0.29, 0.717) is 35.5 Å². The number of alkyl halides is 3. The molecule has 0 aliphatic heterocycles. The van der Waals surface area contributed by atoms with Gasteiger partial charge in [-0.3, -0.25) is 0 Å². The van der Waals surface area contributed by atoms with Crippen molar-refractivity contribution in [3.63, 3.8) is 0 Å². The number of hydrogen-bond acceptors (Lipinski definition) is 2. The van der Waals surface area contributed by atoms with E-state index in [4.69, 9.17) is 0 Å². The smallest absolute Gasteiger partial charge is 0.393 e. The predicted octanol–water partition coefficient (Wildman–Crippen LogP) is 7.13. The van der Waals surface area contributed by atoms with Crippen LogP contribution in [0.25, 0.3) is 0 Å². The second-order valence-electron chi connectivity index (χ2n) is 13.0. The molecule has 0 heterocycles. The summed E-state index contributed by atoms with van der Waals surface area (Å²) >= 11 is 0. The van der Waals surface area contributed by atoms with Crippen LogP contribution in [0.1, 0.15) is 105 Å². The van der Waals surface area contributed by atoms with Crippen molar-refractivity contribution in [2.45, 2.75) is 123 Å². The van der Waals surface area contributed by atoms with Crippen LogP contribution in [0, 0.1) is 46.3 Å². The van der Waals surface area contributed by atoms with Gasteiger partial charge in [0.1, 0.15) is 0 Å². The van der Waals surface area contributed by atoms with Gasteiger partial charge in [0, 0.05) is 0 Å². The predicted molar refractivity (Wildman–Crippen MR) is 121 cm³/mol. The fourth-order valence-electron chi connectivity index (χ4n) is 8.99. The Kier molecular flexibility index (Phi) is 6.54. The second kappa shape index (κ2) is 8.43. The Labute approximate surface area is 192 Å². The van der Waals surface area contributed by atoms with Crippen molar-refractivity contribution < 1.29 is 23.4 Å². The zero-order chi connectivity index (χ0) is 23.5. The maximum Gasteiger partial charge on any atom is 0.417 e. The van der Waals surface area contributed by atoms with Crippen LogP contribution < -0.4 is 0 Å². The molecule has 4 rings (SSSR count). The summed E-state index contributed by atoms with van der Waals surface area (Å²) in [7, 11) is 0. The standard InChI is InChI=1S/C27H45F3O2/c1-17(2)23(31)7-5-6-18-9-11-21-20-10-8-19-16-26(32,27(28,29)30)15-14-25(19,4)22(20)12-13-24(18,21)3/h17-23,31-32H,5-16H2,1-4H3/t18-,19+,20+,21+,22+,23+,24-,25+,26+/m1/s1. The maximum absolute atomic E-state index is 13.5.